The quantitative estimate of drug-likeness (QED) is 0.515. The van der Waals surface area contributed by atoms with E-state index in [2.05, 4.69) is 15.6 Å². The SMILES string of the molecule is CCN(CC)S(=O)(=O)c1ccc2c(c1)nnn2CCCC(=O)NCc1ccc(F)cc1. The van der Waals surface area contributed by atoms with Crippen LogP contribution in [-0.2, 0) is 27.9 Å². The van der Waals surface area contributed by atoms with E-state index in [1.807, 2.05) is 0 Å². The number of carbonyl (C=O) groups excluding carboxylic acids is 1. The molecule has 0 aliphatic carbocycles. The van der Waals surface area contributed by atoms with E-state index in [1.165, 1.54) is 22.5 Å². The number of rotatable bonds is 10. The summed E-state index contributed by atoms with van der Waals surface area (Å²) in [5.41, 5.74) is 2.03. The number of fused-ring (bicyclic) bond motifs is 1. The van der Waals surface area contributed by atoms with E-state index in [1.54, 1.807) is 42.8 Å². The van der Waals surface area contributed by atoms with Crippen LogP contribution >= 0.6 is 0 Å². The first-order chi connectivity index (χ1) is 14.8. The number of amides is 1. The number of hydrogen-bond acceptors (Lipinski definition) is 5. The maximum absolute atomic E-state index is 12.9. The Morgan fingerprint density at radius 2 is 1.84 bits per heavy atom. The second-order valence-electron chi connectivity index (χ2n) is 7.06. The summed E-state index contributed by atoms with van der Waals surface area (Å²) in [6.07, 6.45) is 0.851. The summed E-state index contributed by atoms with van der Waals surface area (Å²) in [5, 5.41) is 11.0. The van der Waals surface area contributed by atoms with E-state index < -0.39 is 10.0 Å². The summed E-state index contributed by atoms with van der Waals surface area (Å²) >= 11 is 0. The Labute approximate surface area is 181 Å². The lowest BCUT2D eigenvalue weighted by molar-refractivity contribution is -0.121. The largest absolute Gasteiger partial charge is 0.352 e. The molecule has 0 saturated heterocycles. The number of hydrogen-bond donors (Lipinski definition) is 1. The standard InChI is InChI=1S/C21H26FN5O3S/c1-3-26(4-2)31(29,30)18-11-12-20-19(14-18)24-25-27(20)13-5-6-21(28)23-15-16-7-9-17(22)10-8-16/h7-12,14H,3-6,13,15H2,1-2H3,(H,23,28). The van der Waals surface area contributed by atoms with Crippen molar-refractivity contribution in [1.29, 1.82) is 0 Å². The van der Waals surface area contributed by atoms with Crippen molar-refractivity contribution in [3.8, 4) is 0 Å². The van der Waals surface area contributed by atoms with Gasteiger partial charge in [0, 0.05) is 32.6 Å². The highest BCUT2D eigenvalue weighted by Crippen LogP contribution is 2.20. The molecule has 1 N–H and O–H groups in total. The Balaban J connectivity index is 1.57. The van der Waals surface area contributed by atoms with Crippen molar-refractivity contribution in [2.75, 3.05) is 13.1 Å². The van der Waals surface area contributed by atoms with Gasteiger partial charge in [0.15, 0.2) is 0 Å². The molecule has 2 aromatic carbocycles. The molecule has 10 heteroatoms. The molecule has 166 valence electrons. The van der Waals surface area contributed by atoms with Gasteiger partial charge in [-0.05, 0) is 42.3 Å². The summed E-state index contributed by atoms with van der Waals surface area (Å²) in [4.78, 5) is 12.2. The molecule has 1 aromatic heterocycles. The Morgan fingerprint density at radius 3 is 2.52 bits per heavy atom. The van der Waals surface area contributed by atoms with Gasteiger partial charge in [-0.25, -0.2) is 17.5 Å². The second-order valence-corrected chi connectivity index (χ2v) is 9.00. The average Bonchev–Trinajstić information content (AvgIpc) is 3.16. The van der Waals surface area contributed by atoms with Gasteiger partial charge >= 0.3 is 0 Å². The maximum atomic E-state index is 12.9. The molecular weight excluding hydrogens is 421 g/mol. The van der Waals surface area contributed by atoms with Crippen molar-refractivity contribution in [1.82, 2.24) is 24.6 Å². The van der Waals surface area contributed by atoms with Crippen LogP contribution in [0.25, 0.3) is 11.0 Å². The molecule has 0 unspecified atom stereocenters. The lowest BCUT2D eigenvalue weighted by atomic mass is 10.2. The van der Waals surface area contributed by atoms with Gasteiger partial charge < -0.3 is 5.32 Å². The lowest BCUT2D eigenvalue weighted by Crippen LogP contribution is -2.30. The molecule has 0 saturated carbocycles. The molecule has 0 aliphatic heterocycles. The molecule has 3 rings (SSSR count). The van der Waals surface area contributed by atoms with E-state index in [9.17, 15) is 17.6 Å². The predicted octanol–water partition coefficient (Wildman–Crippen LogP) is 2.70. The third-order valence-corrected chi connectivity index (χ3v) is 7.05. The molecule has 1 amide bonds. The van der Waals surface area contributed by atoms with Gasteiger partial charge in [0.25, 0.3) is 0 Å². The molecule has 0 spiro atoms. The minimum absolute atomic E-state index is 0.110. The number of aryl methyl sites for hydroxylation is 1. The predicted molar refractivity (Wildman–Crippen MR) is 115 cm³/mol. The summed E-state index contributed by atoms with van der Waals surface area (Å²) in [5.74, 6) is -0.422. The van der Waals surface area contributed by atoms with Crippen LogP contribution in [0.3, 0.4) is 0 Å². The number of benzene rings is 2. The number of carbonyl (C=O) groups is 1. The Kier molecular flexibility index (Phi) is 7.34. The molecule has 0 bridgehead atoms. The van der Waals surface area contributed by atoms with Crippen molar-refractivity contribution in [3.63, 3.8) is 0 Å². The monoisotopic (exact) mass is 447 g/mol. The minimum Gasteiger partial charge on any atom is -0.352 e. The van der Waals surface area contributed by atoms with Crippen molar-refractivity contribution in [2.45, 2.75) is 44.7 Å². The zero-order chi connectivity index (χ0) is 22.4. The molecule has 0 atom stereocenters. The van der Waals surface area contributed by atoms with Gasteiger partial charge in [0.05, 0.1) is 10.4 Å². The van der Waals surface area contributed by atoms with Crippen LogP contribution in [0.5, 0.6) is 0 Å². The van der Waals surface area contributed by atoms with E-state index >= 15 is 0 Å². The van der Waals surface area contributed by atoms with Crippen LogP contribution in [-0.4, -0.2) is 46.7 Å². The van der Waals surface area contributed by atoms with Crippen LogP contribution in [0.4, 0.5) is 4.39 Å². The third-order valence-electron chi connectivity index (χ3n) is 5.01. The third kappa shape index (κ3) is 5.45. The van der Waals surface area contributed by atoms with E-state index in [-0.39, 0.29) is 16.6 Å². The minimum atomic E-state index is -3.56. The second kappa shape index (κ2) is 9.97. The molecule has 1 heterocycles. The van der Waals surface area contributed by atoms with Crippen LogP contribution in [0.15, 0.2) is 47.4 Å². The van der Waals surface area contributed by atoms with Gasteiger partial charge in [0.1, 0.15) is 11.3 Å². The summed E-state index contributed by atoms with van der Waals surface area (Å²) in [6, 6.07) is 10.8. The highest BCUT2D eigenvalue weighted by molar-refractivity contribution is 7.89. The van der Waals surface area contributed by atoms with Crippen molar-refractivity contribution < 1.29 is 17.6 Å². The van der Waals surface area contributed by atoms with Crippen LogP contribution in [0.2, 0.25) is 0 Å². The normalized spacial score (nSPS) is 11.9. The summed E-state index contributed by atoms with van der Waals surface area (Å²) < 4.78 is 41.3. The average molecular weight is 448 g/mol. The maximum Gasteiger partial charge on any atom is 0.243 e. The van der Waals surface area contributed by atoms with Gasteiger partial charge in [-0.15, -0.1) is 5.10 Å². The molecular formula is C21H26FN5O3S. The Bertz CT molecular complexity index is 1140. The van der Waals surface area contributed by atoms with Crippen molar-refractivity contribution in [2.24, 2.45) is 0 Å². The van der Waals surface area contributed by atoms with E-state index in [0.717, 1.165) is 5.56 Å². The Hall–Kier alpha value is -2.85. The zero-order valence-corrected chi connectivity index (χ0v) is 18.4. The number of aromatic nitrogens is 3. The van der Waals surface area contributed by atoms with Gasteiger partial charge in [-0.1, -0.05) is 31.2 Å². The fourth-order valence-electron chi connectivity index (χ4n) is 3.27. The summed E-state index contributed by atoms with van der Waals surface area (Å²) in [6.45, 7) is 5.20. The highest BCUT2D eigenvalue weighted by Gasteiger charge is 2.22. The van der Waals surface area contributed by atoms with Crippen LogP contribution in [0.1, 0.15) is 32.3 Å². The number of halogens is 1. The van der Waals surface area contributed by atoms with Crippen molar-refractivity contribution >= 4 is 27.0 Å². The summed E-state index contributed by atoms with van der Waals surface area (Å²) in [7, 11) is -3.56. The molecule has 8 nitrogen and oxygen atoms in total. The fourth-order valence-corrected chi connectivity index (χ4v) is 4.75. The molecule has 3 aromatic rings. The van der Waals surface area contributed by atoms with Gasteiger partial charge in [-0.3, -0.25) is 4.79 Å². The molecule has 0 aliphatic rings. The van der Waals surface area contributed by atoms with Crippen LogP contribution in [0, 0.1) is 5.82 Å². The molecule has 31 heavy (non-hydrogen) atoms. The number of nitrogens with one attached hydrogen (secondary N) is 1. The fraction of sp³-hybridized carbons (Fsp3) is 0.381. The number of nitrogens with zero attached hydrogens (tertiary/aromatic N) is 4. The topological polar surface area (TPSA) is 97.2 Å². The first kappa shape index (κ1) is 22.8. The first-order valence-electron chi connectivity index (χ1n) is 10.2. The Morgan fingerprint density at radius 1 is 1.13 bits per heavy atom. The van der Waals surface area contributed by atoms with Gasteiger partial charge in [0.2, 0.25) is 15.9 Å². The number of sulfonamides is 1. The zero-order valence-electron chi connectivity index (χ0n) is 17.6. The molecule has 0 radical (unpaired) electrons. The first-order valence-corrected chi connectivity index (χ1v) is 11.6. The smallest absolute Gasteiger partial charge is 0.243 e. The lowest BCUT2D eigenvalue weighted by Gasteiger charge is -2.18. The van der Waals surface area contributed by atoms with Gasteiger partial charge in [-0.2, -0.15) is 4.31 Å². The van der Waals surface area contributed by atoms with Crippen molar-refractivity contribution in [3.05, 3.63) is 53.8 Å². The van der Waals surface area contributed by atoms with E-state index in [0.29, 0.717) is 50.1 Å². The molecule has 0 fully saturated rings. The highest BCUT2D eigenvalue weighted by atomic mass is 32.2. The van der Waals surface area contributed by atoms with Crippen LogP contribution < -0.4 is 5.32 Å². The van der Waals surface area contributed by atoms with E-state index in [4.69, 9.17) is 0 Å².